The van der Waals surface area contributed by atoms with Gasteiger partial charge >= 0.3 is 0 Å². The topological polar surface area (TPSA) is 60.0 Å². The third kappa shape index (κ3) is 2.18. The monoisotopic (exact) mass is 287 g/mol. The molecule has 1 aliphatic carbocycles. The zero-order valence-electron chi connectivity index (χ0n) is 12.8. The zero-order valence-corrected chi connectivity index (χ0v) is 12.8. The Morgan fingerprint density at radius 3 is 2.76 bits per heavy atom. The normalized spacial score (nSPS) is 20.5. The first-order chi connectivity index (χ1) is 10.1. The second-order valence-corrected chi connectivity index (χ2v) is 6.25. The summed E-state index contributed by atoms with van der Waals surface area (Å²) in [7, 11) is 2.17. The quantitative estimate of drug-likeness (QED) is 0.865. The summed E-state index contributed by atoms with van der Waals surface area (Å²) in [5.41, 5.74) is 2.63. The van der Waals surface area contributed by atoms with E-state index in [2.05, 4.69) is 33.6 Å². The van der Waals surface area contributed by atoms with Crippen molar-refractivity contribution in [3.8, 4) is 0 Å². The minimum Gasteiger partial charge on any atom is -0.424 e. The van der Waals surface area contributed by atoms with Crippen molar-refractivity contribution in [2.45, 2.75) is 51.6 Å². The molecule has 0 amide bonds. The lowest BCUT2D eigenvalue weighted by atomic mass is 10.1. The number of aromatic nitrogens is 4. The van der Waals surface area contributed by atoms with Gasteiger partial charge in [0.2, 0.25) is 11.8 Å². The Balaban J connectivity index is 1.57. The van der Waals surface area contributed by atoms with Crippen LogP contribution in [0.1, 0.15) is 60.7 Å². The summed E-state index contributed by atoms with van der Waals surface area (Å²) in [6, 6.07) is 0.144. The molecule has 0 bridgehead atoms. The van der Waals surface area contributed by atoms with Crippen LogP contribution in [-0.2, 0) is 20.0 Å². The number of fused-ring (bicyclic) bond motifs is 1. The van der Waals surface area contributed by atoms with E-state index < -0.39 is 0 Å². The van der Waals surface area contributed by atoms with Crippen LogP contribution in [0.5, 0.6) is 0 Å². The van der Waals surface area contributed by atoms with Crippen LogP contribution in [0.15, 0.2) is 4.42 Å². The largest absolute Gasteiger partial charge is 0.424 e. The van der Waals surface area contributed by atoms with Crippen molar-refractivity contribution in [2.24, 2.45) is 7.05 Å². The van der Waals surface area contributed by atoms with Gasteiger partial charge in [-0.3, -0.25) is 4.90 Å². The summed E-state index contributed by atoms with van der Waals surface area (Å²) in [4.78, 5) is 7.27. The third-order valence-electron chi connectivity index (χ3n) is 4.71. The first-order valence-corrected chi connectivity index (χ1v) is 7.72. The molecule has 6 nitrogen and oxygen atoms in total. The van der Waals surface area contributed by atoms with Gasteiger partial charge in [0.15, 0.2) is 0 Å². The first kappa shape index (κ1) is 13.0. The molecule has 21 heavy (non-hydrogen) atoms. The minimum atomic E-state index is 0.144. The van der Waals surface area contributed by atoms with Crippen LogP contribution < -0.4 is 0 Å². The fraction of sp³-hybridized carbons (Fsp3) is 0.667. The molecule has 1 aliphatic heterocycles. The lowest BCUT2D eigenvalue weighted by molar-refractivity contribution is 0.162. The molecular formula is C15H21N5O. The number of hydrogen-bond acceptors (Lipinski definition) is 5. The second-order valence-electron chi connectivity index (χ2n) is 6.25. The van der Waals surface area contributed by atoms with Crippen LogP contribution >= 0.6 is 0 Å². The summed E-state index contributed by atoms with van der Waals surface area (Å²) in [5, 5.41) is 8.09. The van der Waals surface area contributed by atoms with E-state index in [4.69, 9.17) is 9.40 Å². The number of nitrogens with zero attached hydrogens (tertiary/aromatic N) is 5. The van der Waals surface area contributed by atoms with Gasteiger partial charge in [0, 0.05) is 45.1 Å². The fourth-order valence-electron chi connectivity index (χ4n) is 3.24. The first-order valence-electron chi connectivity index (χ1n) is 7.72. The van der Waals surface area contributed by atoms with Crippen LogP contribution in [0.4, 0.5) is 0 Å². The molecule has 3 heterocycles. The molecule has 1 fully saturated rings. The predicted octanol–water partition coefficient (Wildman–Crippen LogP) is 2.11. The number of aryl methyl sites for hydroxylation is 1. The van der Waals surface area contributed by atoms with Gasteiger partial charge in [-0.25, -0.2) is 4.98 Å². The van der Waals surface area contributed by atoms with E-state index in [1.807, 2.05) is 6.92 Å². The highest BCUT2D eigenvalue weighted by Gasteiger charge is 2.33. The van der Waals surface area contributed by atoms with Gasteiger partial charge in [0.25, 0.3) is 0 Å². The molecule has 112 valence electrons. The Labute approximate surface area is 124 Å². The molecule has 6 heteroatoms. The molecule has 0 N–H and O–H groups in total. The zero-order chi connectivity index (χ0) is 14.6. The van der Waals surface area contributed by atoms with E-state index in [1.165, 1.54) is 30.1 Å². The van der Waals surface area contributed by atoms with Crippen LogP contribution in [-0.4, -0.2) is 31.2 Å². The van der Waals surface area contributed by atoms with Gasteiger partial charge in [-0.1, -0.05) is 0 Å². The van der Waals surface area contributed by atoms with E-state index >= 15 is 0 Å². The van der Waals surface area contributed by atoms with Crippen LogP contribution in [0.25, 0.3) is 0 Å². The van der Waals surface area contributed by atoms with Crippen molar-refractivity contribution < 1.29 is 4.42 Å². The summed E-state index contributed by atoms with van der Waals surface area (Å²) < 4.78 is 7.90. The summed E-state index contributed by atoms with van der Waals surface area (Å²) in [6.45, 7) is 5.85. The highest BCUT2D eigenvalue weighted by molar-refractivity contribution is 5.24. The molecule has 0 radical (unpaired) electrons. The number of hydrogen-bond donors (Lipinski definition) is 0. The number of imidazole rings is 1. The Bertz CT molecular complexity index is 670. The van der Waals surface area contributed by atoms with Gasteiger partial charge in [0.05, 0.1) is 11.7 Å². The lowest BCUT2D eigenvalue weighted by Gasteiger charge is -2.30. The molecule has 4 rings (SSSR count). The molecule has 2 aromatic rings. The molecular weight excluding hydrogens is 266 g/mol. The second kappa shape index (κ2) is 4.66. The average Bonchev–Trinajstić information content (AvgIpc) is 3.16. The van der Waals surface area contributed by atoms with Crippen molar-refractivity contribution in [2.75, 3.05) is 6.54 Å². The van der Waals surface area contributed by atoms with E-state index in [-0.39, 0.29) is 6.04 Å². The van der Waals surface area contributed by atoms with Gasteiger partial charge in [-0.15, -0.1) is 10.2 Å². The van der Waals surface area contributed by atoms with Gasteiger partial charge in [-0.2, -0.15) is 0 Å². The Morgan fingerprint density at radius 1 is 1.29 bits per heavy atom. The van der Waals surface area contributed by atoms with E-state index in [0.717, 1.165) is 19.5 Å². The Hall–Kier alpha value is -1.69. The summed E-state index contributed by atoms with van der Waals surface area (Å²) >= 11 is 0. The molecule has 1 saturated carbocycles. The van der Waals surface area contributed by atoms with Crippen molar-refractivity contribution in [1.82, 2.24) is 24.6 Å². The van der Waals surface area contributed by atoms with Crippen molar-refractivity contribution in [3.05, 3.63) is 29.0 Å². The molecule has 0 spiro atoms. The maximum atomic E-state index is 5.57. The average molecular weight is 287 g/mol. The highest BCUT2D eigenvalue weighted by Crippen LogP contribution is 2.40. The minimum absolute atomic E-state index is 0.144. The van der Waals surface area contributed by atoms with Crippen molar-refractivity contribution in [3.63, 3.8) is 0 Å². The van der Waals surface area contributed by atoms with E-state index in [9.17, 15) is 0 Å². The Kier molecular flexibility index (Phi) is 2.89. The SMILES string of the molecule is Cc1nnc([C@H](C)N2CCc3c(nc(C4CC4)n3C)C2)o1. The predicted molar refractivity (Wildman–Crippen MR) is 76.7 cm³/mol. The smallest absolute Gasteiger partial charge is 0.233 e. The lowest BCUT2D eigenvalue weighted by Crippen LogP contribution is -2.33. The van der Waals surface area contributed by atoms with Crippen LogP contribution in [0.2, 0.25) is 0 Å². The molecule has 2 aliphatic rings. The van der Waals surface area contributed by atoms with Crippen molar-refractivity contribution in [1.29, 1.82) is 0 Å². The third-order valence-corrected chi connectivity index (χ3v) is 4.71. The van der Waals surface area contributed by atoms with Crippen molar-refractivity contribution >= 4 is 0 Å². The molecule has 0 aromatic carbocycles. The fourth-order valence-corrected chi connectivity index (χ4v) is 3.24. The van der Waals surface area contributed by atoms with Gasteiger partial charge < -0.3 is 8.98 Å². The maximum absolute atomic E-state index is 5.57. The number of rotatable bonds is 3. The molecule has 2 aromatic heterocycles. The molecule has 0 unspecified atom stereocenters. The summed E-state index contributed by atoms with van der Waals surface area (Å²) in [5.74, 6) is 3.31. The van der Waals surface area contributed by atoms with Gasteiger partial charge in [0.1, 0.15) is 5.82 Å². The summed E-state index contributed by atoms with van der Waals surface area (Å²) in [6.07, 6.45) is 3.64. The van der Waals surface area contributed by atoms with E-state index in [1.54, 1.807) is 0 Å². The van der Waals surface area contributed by atoms with Crippen LogP contribution in [0.3, 0.4) is 0 Å². The molecule has 0 saturated heterocycles. The van der Waals surface area contributed by atoms with Crippen LogP contribution in [0, 0.1) is 6.92 Å². The van der Waals surface area contributed by atoms with Gasteiger partial charge in [-0.05, 0) is 19.8 Å². The standard InChI is InChI=1S/C15H21N5O/c1-9(15-18-17-10(2)21-15)20-7-6-13-12(8-20)16-14(19(13)3)11-4-5-11/h9,11H,4-8H2,1-3H3/t9-/m0/s1. The molecule has 1 atom stereocenters. The Morgan fingerprint density at radius 2 is 2.10 bits per heavy atom. The maximum Gasteiger partial charge on any atom is 0.233 e. The highest BCUT2D eigenvalue weighted by atomic mass is 16.4. The van der Waals surface area contributed by atoms with E-state index in [0.29, 0.717) is 17.7 Å².